The second kappa shape index (κ2) is 9.58. The molecule has 0 aliphatic carbocycles. The number of hydrogen-bond donors (Lipinski definition) is 2. The number of carbonyl (C=O) groups excluding carboxylic acids is 1. The summed E-state index contributed by atoms with van der Waals surface area (Å²) in [4.78, 5) is 25.0. The molecule has 1 aliphatic heterocycles. The standard InChI is InChI=1S/C22H25N5O2S/c1-29-18-8-6-17(7-9-18)25-20-10-11-23-22(26-20)27-12-2-4-16(15-27)21(28)24-14-19-5-3-13-30-19/h3,5-11,13,16H,2,4,12,14-15H2,1H3,(H,24,28)(H,23,25,26). The Bertz CT molecular complexity index is 962. The van der Waals surface area contributed by atoms with E-state index in [1.807, 2.05) is 47.8 Å². The van der Waals surface area contributed by atoms with E-state index < -0.39 is 0 Å². The Morgan fingerprint density at radius 1 is 1.27 bits per heavy atom. The number of thiophene rings is 1. The summed E-state index contributed by atoms with van der Waals surface area (Å²) in [6.07, 6.45) is 3.57. The summed E-state index contributed by atoms with van der Waals surface area (Å²) in [5.74, 6) is 2.21. The smallest absolute Gasteiger partial charge is 0.227 e. The van der Waals surface area contributed by atoms with E-state index in [2.05, 4.69) is 25.5 Å². The average molecular weight is 424 g/mol. The first kappa shape index (κ1) is 20.2. The number of piperidine rings is 1. The molecule has 1 unspecified atom stereocenters. The zero-order valence-electron chi connectivity index (χ0n) is 16.9. The van der Waals surface area contributed by atoms with Crippen molar-refractivity contribution in [1.29, 1.82) is 0 Å². The molecule has 2 aromatic heterocycles. The van der Waals surface area contributed by atoms with Crippen LogP contribution in [0.15, 0.2) is 54.0 Å². The maximum absolute atomic E-state index is 12.6. The number of ether oxygens (including phenoxy) is 1. The van der Waals surface area contributed by atoms with E-state index in [0.29, 0.717) is 19.0 Å². The molecule has 1 atom stereocenters. The highest BCUT2D eigenvalue weighted by molar-refractivity contribution is 7.09. The lowest BCUT2D eigenvalue weighted by Crippen LogP contribution is -2.43. The number of nitrogens with zero attached hydrogens (tertiary/aromatic N) is 3. The van der Waals surface area contributed by atoms with Crippen LogP contribution >= 0.6 is 11.3 Å². The Balaban J connectivity index is 1.38. The molecule has 8 heteroatoms. The zero-order valence-corrected chi connectivity index (χ0v) is 17.7. The SMILES string of the molecule is COc1ccc(Nc2ccnc(N3CCCC(C(=O)NCc4cccs4)C3)n2)cc1. The molecule has 7 nitrogen and oxygen atoms in total. The molecule has 2 N–H and O–H groups in total. The second-order valence-corrected chi connectivity index (χ2v) is 8.21. The third kappa shape index (κ3) is 5.07. The maximum atomic E-state index is 12.6. The lowest BCUT2D eigenvalue weighted by atomic mass is 9.97. The second-order valence-electron chi connectivity index (χ2n) is 7.18. The van der Waals surface area contributed by atoms with Gasteiger partial charge in [-0.2, -0.15) is 4.98 Å². The Morgan fingerprint density at radius 2 is 2.13 bits per heavy atom. The summed E-state index contributed by atoms with van der Waals surface area (Å²) < 4.78 is 5.19. The Hall–Kier alpha value is -3.13. The first-order chi connectivity index (χ1) is 14.7. The Kier molecular flexibility index (Phi) is 6.44. The van der Waals surface area contributed by atoms with Gasteiger partial charge in [0.25, 0.3) is 0 Å². The predicted molar refractivity (Wildman–Crippen MR) is 119 cm³/mol. The van der Waals surface area contributed by atoms with Crippen molar-refractivity contribution in [2.45, 2.75) is 19.4 Å². The van der Waals surface area contributed by atoms with Crippen LogP contribution in [0.5, 0.6) is 5.75 Å². The van der Waals surface area contributed by atoms with Crippen LogP contribution in [0.25, 0.3) is 0 Å². The minimum Gasteiger partial charge on any atom is -0.497 e. The first-order valence-corrected chi connectivity index (χ1v) is 10.9. The number of methoxy groups -OCH3 is 1. The minimum absolute atomic E-state index is 0.0551. The molecule has 1 saturated heterocycles. The van der Waals surface area contributed by atoms with Crippen molar-refractivity contribution < 1.29 is 9.53 Å². The normalized spacial score (nSPS) is 16.2. The fourth-order valence-electron chi connectivity index (χ4n) is 3.50. The molecular weight excluding hydrogens is 398 g/mol. The summed E-state index contributed by atoms with van der Waals surface area (Å²) in [6.45, 7) is 2.06. The molecule has 0 saturated carbocycles. The summed E-state index contributed by atoms with van der Waals surface area (Å²) in [5, 5.41) is 8.38. The molecule has 30 heavy (non-hydrogen) atoms. The van der Waals surface area contributed by atoms with Gasteiger partial charge in [0.05, 0.1) is 19.6 Å². The Labute approximate surface area is 180 Å². The van der Waals surface area contributed by atoms with Crippen molar-refractivity contribution in [3.63, 3.8) is 0 Å². The van der Waals surface area contributed by atoms with Crippen molar-refractivity contribution in [2.75, 3.05) is 30.4 Å². The number of hydrogen-bond acceptors (Lipinski definition) is 7. The van der Waals surface area contributed by atoms with E-state index in [1.54, 1.807) is 24.6 Å². The van der Waals surface area contributed by atoms with Crippen LogP contribution in [0.1, 0.15) is 17.7 Å². The van der Waals surface area contributed by atoms with Crippen LogP contribution in [0.3, 0.4) is 0 Å². The molecular formula is C22H25N5O2S. The molecule has 1 fully saturated rings. The number of rotatable bonds is 7. The van der Waals surface area contributed by atoms with Crippen LogP contribution < -0.4 is 20.3 Å². The van der Waals surface area contributed by atoms with Gasteiger partial charge in [0.2, 0.25) is 11.9 Å². The first-order valence-electron chi connectivity index (χ1n) is 10.0. The quantitative estimate of drug-likeness (QED) is 0.601. The fraction of sp³-hybridized carbons (Fsp3) is 0.318. The molecule has 3 heterocycles. The summed E-state index contributed by atoms with van der Waals surface area (Å²) >= 11 is 1.65. The van der Waals surface area contributed by atoms with E-state index in [4.69, 9.17) is 4.74 Å². The van der Waals surface area contributed by atoms with Gasteiger partial charge in [-0.1, -0.05) is 6.07 Å². The minimum atomic E-state index is -0.0551. The van der Waals surface area contributed by atoms with E-state index in [9.17, 15) is 4.79 Å². The lowest BCUT2D eigenvalue weighted by molar-refractivity contribution is -0.125. The molecule has 1 aliphatic rings. The number of nitrogens with one attached hydrogen (secondary N) is 2. The van der Waals surface area contributed by atoms with E-state index in [1.165, 1.54) is 0 Å². The summed E-state index contributed by atoms with van der Waals surface area (Å²) in [6, 6.07) is 13.5. The van der Waals surface area contributed by atoms with Crippen LogP contribution in [-0.4, -0.2) is 36.1 Å². The summed E-state index contributed by atoms with van der Waals surface area (Å²) in [7, 11) is 1.65. The van der Waals surface area contributed by atoms with Crippen LogP contribution in [0.4, 0.5) is 17.5 Å². The molecule has 0 bridgehead atoms. The summed E-state index contributed by atoms with van der Waals surface area (Å²) in [5.41, 5.74) is 0.921. The third-order valence-electron chi connectivity index (χ3n) is 5.10. The molecule has 4 rings (SSSR count). The average Bonchev–Trinajstić information content (AvgIpc) is 3.32. The van der Waals surface area contributed by atoms with E-state index in [0.717, 1.165) is 41.5 Å². The van der Waals surface area contributed by atoms with Gasteiger partial charge in [0.1, 0.15) is 11.6 Å². The van der Waals surface area contributed by atoms with Crippen molar-refractivity contribution in [1.82, 2.24) is 15.3 Å². The van der Waals surface area contributed by atoms with Gasteiger partial charge in [-0.25, -0.2) is 4.98 Å². The molecule has 156 valence electrons. The number of benzene rings is 1. The molecule has 1 amide bonds. The van der Waals surface area contributed by atoms with Gasteiger partial charge in [-0.05, 0) is 54.6 Å². The van der Waals surface area contributed by atoms with Crippen LogP contribution in [0, 0.1) is 5.92 Å². The number of amides is 1. The molecule has 0 radical (unpaired) electrons. The van der Waals surface area contributed by atoms with Gasteiger partial charge in [0, 0.05) is 29.9 Å². The highest BCUT2D eigenvalue weighted by atomic mass is 32.1. The van der Waals surface area contributed by atoms with Crippen LogP contribution in [0.2, 0.25) is 0 Å². The van der Waals surface area contributed by atoms with Crippen molar-refractivity contribution in [3.8, 4) is 5.75 Å². The number of aromatic nitrogens is 2. The lowest BCUT2D eigenvalue weighted by Gasteiger charge is -2.32. The maximum Gasteiger partial charge on any atom is 0.227 e. The van der Waals surface area contributed by atoms with Gasteiger partial charge in [0.15, 0.2) is 0 Å². The van der Waals surface area contributed by atoms with E-state index in [-0.39, 0.29) is 11.8 Å². The largest absolute Gasteiger partial charge is 0.497 e. The molecule has 3 aromatic rings. The molecule has 1 aromatic carbocycles. The van der Waals surface area contributed by atoms with Crippen molar-refractivity contribution >= 4 is 34.7 Å². The third-order valence-corrected chi connectivity index (χ3v) is 5.97. The highest BCUT2D eigenvalue weighted by Crippen LogP contribution is 2.23. The van der Waals surface area contributed by atoms with Gasteiger partial charge >= 0.3 is 0 Å². The van der Waals surface area contributed by atoms with Crippen molar-refractivity contribution in [2.24, 2.45) is 5.92 Å². The van der Waals surface area contributed by atoms with Gasteiger partial charge < -0.3 is 20.3 Å². The predicted octanol–water partition coefficient (Wildman–Crippen LogP) is 3.82. The van der Waals surface area contributed by atoms with Crippen molar-refractivity contribution in [3.05, 3.63) is 58.9 Å². The molecule has 0 spiro atoms. The zero-order chi connectivity index (χ0) is 20.8. The van der Waals surface area contributed by atoms with Gasteiger partial charge in [-0.3, -0.25) is 4.79 Å². The fourth-order valence-corrected chi connectivity index (χ4v) is 4.14. The monoisotopic (exact) mass is 423 g/mol. The topological polar surface area (TPSA) is 79.4 Å². The number of anilines is 3. The Morgan fingerprint density at radius 3 is 2.90 bits per heavy atom. The highest BCUT2D eigenvalue weighted by Gasteiger charge is 2.27. The van der Waals surface area contributed by atoms with Gasteiger partial charge in [-0.15, -0.1) is 11.3 Å². The van der Waals surface area contributed by atoms with Crippen LogP contribution in [-0.2, 0) is 11.3 Å². The van der Waals surface area contributed by atoms with E-state index >= 15 is 0 Å². The number of carbonyl (C=O) groups is 1.